The van der Waals surface area contributed by atoms with Crippen molar-refractivity contribution in [2.45, 2.75) is 16.3 Å². The molecule has 28 heavy (non-hydrogen) atoms. The van der Waals surface area contributed by atoms with Crippen molar-refractivity contribution in [1.82, 2.24) is 10.3 Å². The summed E-state index contributed by atoms with van der Waals surface area (Å²) < 4.78 is 0. The third kappa shape index (κ3) is 7.68. The molecule has 3 aromatic rings. The molecule has 1 N–H and O–H groups in total. The largest absolute Gasteiger partial charge is 0.312 e. The van der Waals surface area contributed by atoms with Gasteiger partial charge >= 0.3 is 0 Å². The molecule has 0 amide bonds. The molecule has 0 saturated heterocycles. The average Bonchev–Trinajstić information content (AvgIpc) is 2.68. The first-order valence-electron chi connectivity index (χ1n) is 8.29. The van der Waals surface area contributed by atoms with Gasteiger partial charge in [-0.15, -0.1) is 0 Å². The Morgan fingerprint density at radius 3 is 1.79 bits per heavy atom. The summed E-state index contributed by atoms with van der Waals surface area (Å²) in [6, 6.07) is 14.7. The molecule has 1 aromatic heterocycles. The van der Waals surface area contributed by atoms with Crippen molar-refractivity contribution >= 4 is 70.8 Å². The predicted molar refractivity (Wildman–Crippen MR) is 127 cm³/mol. The van der Waals surface area contributed by atoms with Crippen molar-refractivity contribution in [3.05, 3.63) is 86.6 Å². The zero-order chi connectivity index (χ0) is 20.4. The lowest BCUT2D eigenvalue weighted by Crippen LogP contribution is -2.15. The van der Waals surface area contributed by atoms with Crippen molar-refractivity contribution in [3.8, 4) is 0 Å². The second-order valence-electron chi connectivity index (χ2n) is 5.47. The van der Waals surface area contributed by atoms with Crippen LogP contribution in [0.4, 0.5) is 0 Å². The van der Waals surface area contributed by atoms with Gasteiger partial charge in [0, 0.05) is 41.0 Å². The average molecular weight is 492 g/mol. The minimum atomic E-state index is 0.582. The summed E-state index contributed by atoms with van der Waals surface area (Å²) in [6.45, 7) is 1.83. The Balaban J connectivity index is 0.000000221. The standard InChI is InChI=1S/C12H6Cl4S.C8H12N2S/c13-7-3-1-4-8(14)11(7)17-12-9(15)5-2-6-10(12)16;11-5-4-10-7-8-2-1-3-9-6-8/h1-6H;1-3,6,10-11H,4-5,7H2. The molecule has 2 aromatic carbocycles. The number of hydrogen-bond acceptors (Lipinski definition) is 4. The summed E-state index contributed by atoms with van der Waals surface area (Å²) in [6.07, 6.45) is 3.65. The first-order valence-corrected chi connectivity index (χ1v) is 11.3. The summed E-state index contributed by atoms with van der Waals surface area (Å²) in [5.74, 6) is 0.875. The first-order chi connectivity index (χ1) is 13.5. The molecule has 2 nitrogen and oxygen atoms in total. The molecule has 0 aliphatic heterocycles. The van der Waals surface area contributed by atoms with E-state index in [9.17, 15) is 0 Å². The molecule has 148 valence electrons. The van der Waals surface area contributed by atoms with Gasteiger partial charge in [-0.05, 0) is 35.9 Å². The lowest BCUT2D eigenvalue weighted by Gasteiger charge is -2.09. The van der Waals surface area contributed by atoms with Crippen LogP contribution >= 0.6 is 70.8 Å². The minimum Gasteiger partial charge on any atom is -0.312 e. The van der Waals surface area contributed by atoms with Gasteiger partial charge in [-0.2, -0.15) is 12.6 Å². The summed E-state index contributed by atoms with van der Waals surface area (Å²) in [5, 5.41) is 5.56. The Kier molecular flexibility index (Phi) is 10.9. The maximum absolute atomic E-state index is 6.09. The highest BCUT2D eigenvalue weighted by molar-refractivity contribution is 7.99. The van der Waals surface area contributed by atoms with Gasteiger partial charge in [0.25, 0.3) is 0 Å². The van der Waals surface area contributed by atoms with E-state index in [1.54, 1.807) is 42.6 Å². The molecule has 8 heteroatoms. The lowest BCUT2D eigenvalue weighted by molar-refractivity contribution is 0.730. The van der Waals surface area contributed by atoms with Gasteiger partial charge in [-0.3, -0.25) is 4.98 Å². The van der Waals surface area contributed by atoms with E-state index in [0.29, 0.717) is 20.1 Å². The normalized spacial score (nSPS) is 10.3. The zero-order valence-electron chi connectivity index (χ0n) is 14.7. The van der Waals surface area contributed by atoms with Crippen LogP contribution in [0.3, 0.4) is 0 Å². The Morgan fingerprint density at radius 1 is 0.821 bits per heavy atom. The van der Waals surface area contributed by atoms with Gasteiger partial charge < -0.3 is 5.32 Å². The third-order valence-electron chi connectivity index (χ3n) is 3.38. The number of halogens is 4. The van der Waals surface area contributed by atoms with Gasteiger partial charge in [0.05, 0.1) is 20.1 Å². The molecule has 0 aliphatic carbocycles. The van der Waals surface area contributed by atoms with E-state index in [1.165, 1.54) is 17.3 Å². The Hall–Kier alpha value is -0.590. The molecule has 0 radical (unpaired) electrons. The van der Waals surface area contributed by atoms with Gasteiger partial charge in [-0.1, -0.05) is 76.4 Å². The van der Waals surface area contributed by atoms with Gasteiger partial charge in [0.15, 0.2) is 0 Å². The minimum absolute atomic E-state index is 0.582. The van der Waals surface area contributed by atoms with Gasteiger partial charge in [0.2, 0.25) is 0 Å². The number of pyridine rings is 1. The molecular formula is C20H18Cl4N2S2. The van der Waals surface area contributed by atoms with Crippen LogP contribution in [0.1, 0.15) is 5.56 Å². The molecule has 0 unspecified atom stereocenters. The van der Waals surface area contributed by atoms with Crippen LogP contribution in [-0.4, -0.2) is 17.3 Å². The number of aromatic nitrogens is 1. The molecule has 0 bridgehead atoms. The zero-order valence-corrected chi connectivity index (χ0v) is 19.4. The molecule has 0 atom stereocenters. The third-order valence-corrected chi connectivity index (χ3v) is 6.60. The summed E-state index contributed by atoms with van der Waals surface area (Å²) in [5.41, 5.74) is 1.22. The van der Waals surface area contributed by atoms with E-state index in [0.717, 1.165) is 28.6 Å². The topological polar surface area (TPSA) is 24.9 Å². The number of nitrogens with zero attached hydrogens (tertiary/aromatic N) is 1. The molecule has 0 fully saturated rings. The quantitative estimate of drug-likeness (QED) is 0.275. The SMILES string of the molecule is Clc1cccc(Cl)c1Sc1c(Cl)cccc1Cl.SCCNCc1cccnc1. The van der Waals surface area contributed by atoms with E-state index in [2.05, 4.69) is 29.0 Å². The number of rotatable bonds is 6. The van der Waals surface area contributed by atoms with E-state index >= 15 is 0 Å². The fourth-order valence-corrected chi connectivity index (χ4v) is 4.36. The van der Waals surface area contributed by atoms with Crippen molar-refractivity contribution < 1.29 is 0 Å². The summed E-state index contributed by atoms with van der Waals surface area (Å²) >= 11 is 29.8. The first kappa shape index (κ1) is 23.7. The van der Waals surface area contributed by atoms with E-state index in [4.69, 9.17) is 46.4 Å². The maximum atomic E-state index is 6.09. The lowest BCUT2D eigenvalue weighted by atomic mass is 10.3. The molecule has 3 rings (SSSR count). The fraction of sp³-hybridized carbons (Fsp3) is 0.150. The molecule has 1 heterocycles. The summed E-state index contributed by atoms with van der Waals surface area (Å²) in [7, 11) is 0. The summed E-state index contributed by atoms with van der Waals surface area (Å²) in [4.78, 5) is 5.52. The van der Waals surface area contributed by atoms with E-state index in [1.807, 2.05) is 12.3 Å². The van der Waals surface area contributed by atoms with Crippen LogP contribution in [0.5, 0.6) is 0 Å². The van der Waals surface area contributed by atoms with Crippen LogP contribution in [0, 0.1) is 0 Å². The number of hydrogen-bond donors (Lipinski definition) is 2. The smallest absolute Gasteiger partial charge is 0.0560 e. The maximum Gasteiger partial charge on any atom is 0.0560 e. The molecule has 0 aliphatic rings. The van der Waals surface area contributed by atoms with Crippen LogP contribution in [0.15, 0.2) is 70.7 Å². The van der Waals surface area contributed by atoms with Crippen molar-refractivity contribution in [1.29, 1.82) is 0 Å². The highest BCUT2D eigenvalue weighted by atomic mass is 35.5. The Morgan fingerprint density at radius 2 is 1.36 bits per heavy atom. The predicted octanol–water partition coefficient (Wildman–Crippen LogP) is 7.55. The van der Waals surface area contributed by atoms with Gasteiger partial charge in [-0.25, -0.2) is 0 Å². The second kappa shape index (κ2) is 12.9. The van der Waals surface area contributed by atoms with Crippen LogP contribution in [0.2, 0.25) is 20.1 Å². The van der Waals surface area contributed by atoms with Crippen LogP contribution in [0.25, 0.3) is 0 Å². The van der Waals surface area contributed by atoms with Crippen molar-refractivity contribution in [2.75, 3.05) is 12.3 Å². The molecule has 0 saturated carbocycles. The molecular weight excluding hydrogens is 474 g/mol. The number of benzene rings is 2. The number of nitrogens with one attached hydrogen (secondary N) is 1. The van der Waals surface area contributed by atoms with Crippen molar-refractivity contribution in [2.24, 2.45) is 0 Å². The highest BCUT2D eigenvalue weighted by Crippen LogP contribution is 2.43. The number of thiol groups is 1. The Bertz CT molecular complexity index is 789. The van der Waals surface area contributed by atoms with Crippen LogP contribution in [-0.2, 0) is 6.54 Å². The second-order valence-corrected chi connectivity index (χ2v) is 8.56. The van der Waals surface area contributed by atoms with Crippen molar-refractivity contribution in [3.63, 3.8) is 0 Å². The molecule has 0 spiro atoms. The van der Waals surface area contributed by atoms with E-state index < -0.39 is 0 Å². The Labute approximate surface area is 195 Å². The fourth-order valence-electron chi connectivity index (χ4n) is 2.08. The highest BCUT2D eigenvalue weighted by Gasteiger charge is 2.12. The van der Waals surface area contributed by atoms with Crippen LogP contribution < -0.4 is 5.32 Å². The van der Waals surface area contributed by atoms with Gasteiger partial charge in [0.1, 0.15) is 0 Å². The van der Waals surface area contributed by atoms with E-state index in [-0.39, 0.29) is 0 Å². The monoisotopic (exact) mass is 490 g/mol.